The molecule has 160 valence electrons. The Bertz CT molecular complexity index is 1150. The number of nitro benzene ring substituents is 1. The predicted octanol–water partition coefficient (Wildman–Crippen LogP) is 4.90. The van der Waals surface area contributed by atoms with Crippen molar-refractivity contribution in [1.82, 2.24) is 9.97 Å². The van der Waals surface area contributed by atoms with Gasteiger partial charge in [-0.1, -0.05) is 0 Å². The fourth-order valence-electron chi connectivity index (χ4n) is 2.46. The highest BCUT2D eigenvalue weighted by molar-refractivity contribution is 6.04. The zero-order chi connectivity index (χ0) is 22.8. The summed E-state index contributed by atoms with van der Waals surface area (Å²) in [4.78, 5) is 29.2. The van der Waals surface area contributed by atoms with Gasteiger partial charge in [0.1, 0.15) is 11.6 Å². The third-order valence-electron chi connectivity index (χ3n) is 3.84. The van der Waals surface area contributed by atoms with E-state index >= 15 is 0 Å². The van der Waals surface area contributed by atoms with Gasteiger partial charge in [0.05, 0.1) is 4.92 Å². The summed E-state index contributed by atoms with van der Waals surface area (Å²) < 4.78 is 57.2. The standard InChI is InChI=1S/C19H12F4N4O4/c1-10-24-16(19(21,22)23)9-17(25-10)31-13-5-3-12(4-6-13)26-18(28)11-2-7-14(20)15(8-11)27(29)30/h2-9H,1H3,(H,26,28). The zero-order valence-electron chi connectivity index (χ0n) is 15.6. The van der Waals surface area contributed by atoms with Crippen LogP contribution in [0.3, 0.4) is 0 Å². The lowest BCUT2D eigenvalue weighted by Gasteiger charge is -2.10. The average Bonchev–Trinajstić information content (AvgIpc) is 2.68. The summed E-state index contributed by atoms with van der Waals surface area (Å²) in [6.07, 6.45) is -4.66. The summed E-state index contributed by atoms with van der Waals surface area (Å²) in [7, 11) is 0. The minimum Gasteiger partial charge on any atom is -0.439 e. The van der Waals surface area contributed by atoms with Crippen molar-refractivity contribution in [1.29, 1.82) is 0 Å². The van der Waals surface area contributed by atoms with Crippen LogP contribution in [-0.2, 0) is 6.18 Å². The maximum Gasteiger partial charge on any atom is 0.433 e. The Morgan fingerprint density at radius 2 is 1.77 bits per heavy atom. The molecular weight excluding hydrogens is 424 g/mol. The first-order chi connectivity index (χ1) is 14.5. The fraction of sp³-hybridized carbons (Fsp3) is 0.105. The maximum absolute atomic E-state index is 13.4. The maximum atomic E-state index is 13.4. The lowest BCUT2D eigenvalue weighted by molar-refractivity contribution is -0.387. The van der Waals surface area contributed by atoms with E-state index in [4.69, 9.17) is 4.74 Å². The molecule has 0 saturated heterocycles. The lowest BCUT2D eigenvalue weighted by Crippen LogP contribution is -2.12. The molecule has 0 atom stereocenters. The molecule has 8 nitrogen and oxygen atoms in total. The van der Waals surface area contributed by atoms with Gasteiger partial charge in [-0.2, -0.15) is 22.5 Å². The Balaban J connectivity index is 1.73. The van der Waals surface area contributed by atoms with Gasteiger partial charge in [-0.3, -0.25) is 14.9 Å². The van der Waals surface area contributed by atoms with Crippen molar-refractivity contribution < 1.29 is 32.0 Å². The molecule has 0 unspecified atom stereocenters. The molecule has 0 saturated carbocycles. The van der Waals surface area contributed by atoms with Gasteiger partial charge in [0.25, 0.3) is 5.91 Å². The highest BCUT2D eigenvalue weighted by atomic mass is 19.4. The minimum absolute atomic E-state index is 0.123. The van der Waals surface area contributed by atoms with Crippen molar-refractivity contribution in [3.63, 3.8) is 0 Å². The number of aromatic nitrogens is 2. The summed E-state index contributed by atoms with van der Waals surface area (Å²) in [5.41, 5.74) is -1.86. The van der Waals surface area contributed by atoms with Crippen molar-refractivity contribution >= 4 is 17.3 Å². The molecule has 1 aromatic heterocycles. The van der Waals surface area contributed by atoms with Crippen LogP contribution in [-0.4, -0.2) is 20.8 Å². The first-order valence-corrected chi connectivity index (χ1v) is 8.49. The van der Waals surface area contributed by atoms with Gasteiger partial charge in [0.15, 0.2) is 5.69 Å². The van der Waals surface area contributed by atoms with Crippen molar-refractivity contribution in [3.8, 4) is 11.6 Å². The number of hydrogen-bond acceptors (Lipinski definition) is 6. The lowest BCUT2D eigenvalue weighted by atomic mass is 10.1. The molecule has 1 heterocycles. The first kappa shape index (κ1) is 21.6. The number of rotatable bonds is 5. The number of alkyl halides is 3. The van der Waals surface area contributed by atoms with E-state index in [1.807, 2.05) is 0 Å². The molecule has 0 radical (unpaired) electrons. The molecule has 0 aliphatic heterocycles. The van der Waals surface area contributed by atoms with Crippen LogP contribution < -0.4 is 10.1 Å². The molecule has 31 heavy (non-hydrogen) atoms. The normalized spacial score (nSPS) is 11.1. The van der Waals surface area contributed by atoms with E-state index < -0.39 is 34.2 Å². The monoisotopic (exact) mass is 436 g/mol. The van der Waals surface area contributed by atoms with Crippen LogP contribution in [0.2, 0.25) is 0 Å². The van der Waals surface area contributed by atoms with Gasteiger partial charge in [-0.05, 0) is 43.3 Å². The molecule has 0 bridgehead atoms. The third kappa shape index (κ3) is 5.29. The van der Waals surface area contributed by atoms with Crippen LogP contribution in [0.15, 0.2) is 48.5 Å². The predicted molar refractivity (Wildman–Crippen MR) is 99.3 cm³/mol. The van der Waals surface area contributed by atoms with E-state index in [0.29, 0.717) is 6.07 Å². The highest BCUT2D eigenvalue weighted by Gasteiger charge is 2.33. The second-order valence-corrected chi connectivity index (χ2v) is 6.14. The van der Waals surface area contributed by atoms with Gasteiger partial charge >= 0.3 is 11.9 Å². The summed E-state index contributed by atoms with van der Waals surface area (Å²) in [5.74, 6) is -2.09. The summed E-state index contributed by atoms with van der Waals surface area (Å²) in [6, 6.07) is 8.88. The zero-order valence-corrected chi connectivity index (χ0v) is 15.6. The Hall–Kier alpha value is -4.09. The Kier molecular flexibility index (Phi) is 5.81. The number of halogens is 4. The Morgan fingerprint density at radius 1 is 1.10 bits per heavy atom. The Morgan fingerprint density at radius 3 is 2.39 bits per heavy atom. The second kappa shape index (κ2) is 8.34. The molecule has 0 spiro atoms. The first-order valence-electron chi connectivity index (χ1n) is 8.49. The number of ether oxygens (including phenoxy) is 1. The number of nitrogens with zero attached hydrogens (tertiary/aromatic N) is 3. The van der Waals surface area contributed by atoms with Crippen molar-refractivity contribution in [2.24, 2.45) is 0 Å². The number of amides is 1. The number of nitro groups is 1. The molecule has 1 N–H and O–H groups in total. The quantitative estimate of drug-likeness (QED) is 0.347. The Labute approximate surface area is 171 Å². The van der Waals surface area contributed by atoms with Crippen molar-refractivity contribution in [2.45, 2.75) is 13.1 Å². The van der Waals surface area contributed by atoms with Crippen LogP contribution >= 0.6 is 0 Å². The molecule has 1 amide bonds. The molecule has 0 aliphatic rings. The number of hydrogen-bond donors (Lipinski definition) is 1. The topological polar surface area (TPSA) is 107 Å². The molecule has 0 fully saturated rings. The SMILES string of the molecule is Cc1nc(Oc2ccc(NC(=O)c3ccc(F)c([N+](=O)[O-])c3)cc2)cc(C(F)(F)F)n1. The molecule has 3 rings (SSSR count). The van der Waals surface area contributed by atoms with E-state index in [2.05, 4.69) is 15.3 Å². The summed E-state index contributed by atoms with van der Waals surface area (Å²) in [5, 5.41) is 13.2. The van der Waals surface area contributed by atoms with Crippen LogP contribution in [0.5, 0.6) is 11.6 Å². The van der Waals surface area contributed by atoms with E-state index in [1.165, 1.54) is 31.2 Å². The smallest absolute Gasteiger partial charge is 0.433 e. The van der Waals surface area contributed by atoms with Gasteiger partial charge in [-0.25, -0.2) is 4.98 Å². The molecule has 0 aliphatic carbocycles. The van der Waals surface area contributed by atoms with Gasteiger partial charge in [-0.15, -0.1) is 0 Å². The van der Waals surface area contributed by atoms with Gasteiger partial charge in [0.2, 0.25) is 11.7 Å². The van der Waals surface area contributed by atoms with E-state index in [1.54, 1.807) is 0 Å². The molecule has 12 heteroatoms. The number of aryl methyl sites for hydroxylation is 1. The second-order valence-electron chi connectivity index (χ2n) is 6.14. The molecular formula is C19H12F4N4O4. The minimum atomic E-state index is -4.66. The molecule has 2 aromatic carbocycles. The van der Waals surface area contributed by atoms with Gasteiger partial charge < -0.3 is 10.1 Å². The van der Waals surface area contributed by atoms with Crippen molar-refractivity contribution in [2.75, 3.05) is 5.32 Å². The third-order valence-corrected chi connectivity index (χ3v) is 3.84. The summed E-state index contributed by atoms with van der Waals surface area (Å²) in [6.45, 7) is 1.29. The van der Waals surface area contributed by atoms with Gasteiger partial charge in [0, 0.05) is 23.4 Å². The number of benzene rings is 2. The molecule has 3 aromatic rings. The number of anilines is 1. The average molecular weight is 436 g/mol. The van der Waals surface area contributed by atoms with Crippen LogP contribution in [0, 0.1) is 22.9 Å². The number of carbonyl (C=O) groups excluding carboxylic acids is 1. The summed E-state index contributed by atoms with van der Waals surface area (Å²) >= 11 is 0. The largest absolute Gasteiger partial charge is 0.439 e. The van der Waals surface area contributed by atoms with Crippen molar-refractivity contribution in [3.05, 3.63) is 81.5 Å². The number of carbonyl (C=O) groups is 1. The highest BCUT2D eigenvalue weighted by Crippen LogP contribution is 2.31. The van der Waals surface area contributed by atoms with Crippen LogP contribution in [0.4, 0.5) is 28.9 Å². The van der Waals surface area contributed by atoms with Crippen LogP contribution in [0.25, 0.3) is 0 Å². The van der Waals surface area contributed by atoms with Crippen LogP contribution in [0.1, 0.15) is 21.9 Å². The van der Waals surface area contributed by atoms with E-state index in [0.717, 1.165) is 18.2 Å². The van der Waals surface area contributed by atoms with E-state index in [-0.39, 0.29) is 28.7 Å². The van der Waals surface area contributed by atoms with E-state index in [9.17, 15) is 32.5 Å². The fourth-order valence-corrected chi connectivity index (χ4v) is 2.46. The number of nitrogens with one attached hydrogen (secondary N) is 1.